The van der Waals surface area contributed by atoms with Gasteiger partial charge < -0.3 is 9.64 Å². The molecule has 0 N–H and O–H groups in total. The number of aromatic nitrogens is 4. The molecule has 2 aromatic carbocycles. The van der Waals surface area contributed by atoms with Gasteiger partial charge in [-0.15, -0.1) is 0 Å². The third-order valence-corrected chi connectivity index (χ3v) is 8.53. The number of piperazine rings is 1. The highest BCUT2D eigenvalue weighted by molar-refractivity contribution is 7.89. The van der Waals surface area contributed by atoms with Gasteiger partial charge in [-0.2, -0.15) is 9.40 Å². The van der Waals surface area contributed by atoms with Gasteiger partial charge in [0.05, 0.1) is 12.8 Å². The van der Waals surface area contributed by atoms with E-state index in [4.69, 9.17) is 9.72 Å². The van der Waals surface area contributed by atoms with Crippen molar-refractivity contribution < 1.29 is 13.2 Å². The highest BCUT2D eigenvalue weighted by Gasteiger charge is 2.30. The first-order chi connectivity index (χ1) is 18.3. The summed E-state index contributed by atoms with van der Waals surface area (Å²) in [5.74, 6) is 0.579. The Bertz CT molecular complexity index is 1650. The molecular weight excluding hydrogens is 504 g/mol. The smallest absolute Gasteiger partial charge is 0.284 e. The van der Waals surface area contributed by atoms with Crippen molar-refractivity contribution in [3.05, 3.63) is 70.6 Å². The lowest BCUT2D eigenvalue weighted by molar-refractivity contribution is 0.222. The van der Waals surface area contributed by atoms with Crippen LogP contribution in [0.25, 0.3) is 34.7 Å². The molecule has 0 atom stereocenters. The second kappa shape index (κ2) is 10.5. The maximum Gasteiger partial charge on any atom is 0.284 e. The third kappa shape index (κ3) is 4.87. The first kappa shape index (κ1) is 25.8. The van der Waals surface area contributed by atoms with E-state index in [1.807, 2.05) is 43.5 Å². The molecule has 1 fully saturated rings. The van der Waals surface area contributed by atoms with Crippen LogP contribution in [0.15, 0.2) is 64.4 Å². The number of benzene rings is 2. The van der Waals surface area contributed by atoms with Crippen LogP contribution in [0.3, 0.4) is 0 Å². The quantitative estimate of drug-likeness (QED) is 0.359. The van der Waals surface area contributed by atoms with Gasteiger partial charge in [0.25, 0.3) is 5.56 Å². The van der Waals surface area contributed by atoms with Crippen LogP contribution in [0.1, 0.15) is 12.5 Å². The minimum Gasteiger partial charge on any atom is -0.492 e. The minimum absolute atomic E-state index is 0.101. The van der Waals surface area contributed by atoms with Gasteiger partial charge in [-0.3, -0.25) is 14.0 Å². The summed E-state index contributed by atoms with van der Waals surface area (Å²) in [4.78, 5) is 20.5. The van der Waals surface area contributed by atoms with Crippen LogP contribution in [0, 0.1) is 0 Å². The molecule has 1 aliphatic heterocycles. The highest BCUT2D eigenvalue weighted by Crippen LogP contribution is 2.32. The predicted molar refractivity (Wildman–Crippen MR) is 147 cm³/mol. The van der Waals surface area contributed by atoms with E-state index in [0.29, 0.717) is 48.6 Å². The summed E-state index contributed by atoms with van der Waals surface area (Å²) >= 11 is 0. The molecule has 0 unspecified atom stereocenters. The zero-order valence-electron chi connectivity index (χ0n) is 21.6. The molecule has 0 radical (unpaired) electrons. The summed E-state index contributed by atoms with van der Waals surface area (Å²) in [6.45, 7) is 4.24. The minimum atomic E-state index is -3.77. The van der Waals surface area contributed by atoms with Gasteiger partial charge in [-0.05, 0) is 43.8 Å². The normalized spacial score (nSPS) is 15.4. The van der Waals surface area contributed by atoms with Crippen molar-refractivity contribution >= 4 is 33.3 Å². The largest absolute Gasteiger partial charge is 0.492 e. The first-order valence-electron chi connectivity index (χ1n) is 12.4. The van der Waals surface area contributed by atoms with Crippen LogP contribution >= 0.6 is 0 Å². The van der Waals surface area contributed by atoms with Crippen LogP contribution < -0.4 is 10.3 Å². The molecule has 10 nitrogen and oxygen atoms in total. The van der Waals surface area contributed by atoms with Crippen molar-refractivity contribution in [2.24, 2.45) is 7.05 Å². The molecule has 4 aromatic rings. The van der Waals surface area contributed by atoms with E-state index in [9.17, 15) is 13.2 Å². The van der Waals surface area contributed by atoms with Crippen LogP contribution in [0.4, 0.5) is 0 Å². The summed E-state index contributed by atoms with van der Waals surface area (Å²) < 4.78 is 37.3. The average molecular weight is 535 g/mol. The van der Waals surface area contributed by atoms with E-state index < -0.39 is 10.0 Å². The topological polar surface area (TPSA) is 103 Å². The summed E-state index contributed by atoms with van der Waals surface area (Å²) in [6.07, 6.45) is 5.03. The van der Waals surface area contributed by atoms with E-state index in [1.165, 1.54) is 13.6 Å². The lowest BCUT2D eigenvalue weighted by Gasteiger charge is -2.32. The molecule has 1 saturated heterocycles. The molecule has 0 spiro atoms. The zero-order valence-corrected chi connectivity index (χ0v) is 22.4. The Balaban J connectivity index is 1.64. The van der Waals surface area contributed by atoms with Gasteiger partial charge in [0, 0.05) is 45.0 Å². The summed E-state index contributed by atoms with van der Waals surface area (Å²) in [7, 11) is -0.0973. The van der Waals surface area contributed by atoms with Crippen LogP contribution in [-0.4, -0.2) is 76.8 Å². The van der Waals surface area contributed by atoms with Crippen molar-refractivity contribution in [3.63, 3.8) is 0 Å². The summed E-state index contributed by atoms with van der Waals surface area (Å²) in [6, 6.07) is 14.5. The molecule has 198 valence electrons. The number of ether oxygens (including phenoxy) is 1. The van der Waals surface area contributed by atoms with Gasteiger partial charge in [0.15, 0.2) is 5.52 Å². The summed E-state index contributed by atoms with van der Waals surface area (Å²) in [5, 5.41) is 4.21. The Kier molecular flexibility index (Phi) is 7.15. The van der Waals surface area contributed by atoms with E-state index in [0.717, 1.165) is 5.56 Å². The van der Waals surface area contributed by atoms with Crippen LogP contribution in [-0.2, 0) is 17.1 Å². The fourth-order valence-electron chi connectivity index (χ4n) is 4.50. The number of rotatable bonds is 7. The standard InChI is InChI=1S/C27H30N6O4S/c1-4-37-23-18-21(10-11-24(23)38(35,36)32-16-14-30(2)15-17-32)26-29-22-19-28-31(3)25(22)27(34)33(26)13-12-20-8-6-5-7-9-20/h5-13,18-19H,4,14-17H2,1-3H3. The average Bonchev–Trinajstić information content (AvgIpc) is 3.29. The molecule has 2 aromatic heterocycles. The fourth-order valence-corrected chi connectivity index (χ4v) is 6.03. The monoisotopic (exact) mass is 534 g/mol. The Morgan fingerprint density at radius 1 is 1.03 bits per heavy atom. The molecule has 3 heterocycles. The first-order valence-corrected chi connectivity index (χ1v) is 13.9. The molecule has 0 bridgehead atoms. The van der Waals surface area contributed by atoms with Crippen LogP contribution in [0.5, 0.6) is 5.75 Å². The van der Waals surface area contributed by atoms with Crippen molar-refractivity contribution in [2.45, 2.75) is 11.8 Å². The fraction of sp³-hybridized carbons (Fsp3) is 0.296. The number of aryl methyl sites for hydroxylation is 1. The molecule has 5 rings (SSSR count). The second-order valence-corrected chi connectivity index (χ2v) is 11.0. The molecule has 1 aliphatic rings. The maximum absolute atomic E-state index is 13.6. The Labute approximate surface area is 221 Å². The van der Waals surface area contributed by atoms with Gasteiger partial charge in [-0.25, -0.2) is 13.4 Å². The van der Waals surface area contributed by atoms with Gasteiger partial charge in [0.2, 0.25) is 10.0 Å². The number of nitrogens with zero attached hydrogens (tertiary/aromatic N) is 6. The van der Waals surface area contributed by atoms with Crippen molar-refractivity contribution in [1.82, 2.24) is 28.5 Å². The number of hydrogen-bond donors (Lipinski definition) is 0. The molecule has 11 heteroatoms. The van der Waals surface area contributed by atoms with Gasteiger partial charge in [-0.1, -0.05) is 30.3 Å². The molecule has 0 aliphatic carbocycles. The zero-order chi connectivity index (χ0) is 26.9. The van der Waals surface area contributed by atoms with Gasteiger partial charge >= 0.3 is 0 Å². The molecular formula is C27H30N6O4S. The molecule has 0 amide bonds. The van der Waals surface area contributed by atoms with Crippen LogP contribution in [0.2, 0.25) is 0 Å². The lowest BCUT2D eigenvalue weighted by Crippen LogP contribution is -2.47. The summed E-state index contributed by atoms with van der Waals surface area (Å²) in [5.41, 5.74) is 1.99. The highest BCUT2D eigenvalue weighted by atomic mass is 32.2. The van der Waals surface area contributed by atoms with E-state index in [2.05, 4.69) is 10.00 Å². The van der Waals surface area contributed by atoms with Crippen molar-refractivity contribution in [1.29, 1.82) is 0 Å². The predicted octanol–water partition coefficient (Wildman–Crippen LogP) is 2.76. The van der Waals surface area contributed by atoms with E-state index >= 15 is 0 Å². The SMILES string of the molecule is CCOc1cc(-c2nc3cnn(C)c3c(=O)n2C=Cc2ccccc2)ccc1S(=O)(=O)N1CCN(C)CC1. The van der Waals surface area contributed by atoms with Crippen molar-refractivity contribution in [3.8, 4) is 17.1 Å². The number of sulfonamides is 1. The van der Waals surface area contributed by atoms with E-state index in [1.54, 1.807) is 44.6 Å². The Morgan fingerprint density at radius 2 is 1.76 bits per heavy atom. The Hall–Kier alpha value is -3.80. The Morgan fingerprint density at radius 3 is 2.47 bits per heavy atom. The number of hydrogen-bond acceptors (Lipinski definition) is 7. The molecule has 38 heavy (non-hydrogen) atoms. The third-order valence-electron chi connectivity index (χ3n) is 6.59. The maximum atomic E-state index is 13.6. The number of fused-ring (bicyclic) bond motifs is 1. The second-order valence-electron chi connectivity index (χ2n) is 9.14. The molecule has 0 saturated carbocycles. The van der Waals surface area contributed by atoms with E-state index in [-0.39, 0.29) is 22.8 Å². The van der Waals surface area contributed by atoms with Gasteiger partial charge in [0.1, 0.15) is 22.0 Å². The van der Waals surface area contributed by atoms with Crippen molar-refractivity contribution in [2.75, 3.05) is 39.8 Å². The number of likely N-dealkylation sites (N-methyl/N-ethyl adjacent to an activating group) is 1. The lowest BCUT2D eigenvalue weighted by atomic mass is 10.2.